The standard InChI is InChI=1S/C15H9Cl2FO3/c16-12-6-3-10(7-13(12)17)14(19)8-21-15(20)9-1-4-11(18)5-2-9/h1-7H,8H2. The van der Waals surface area contributed by atoms with E-state index in [4.69, 9.17) is 27.9 Å². The molecule has 21 heavy (non-hydrogen) atoms. The van der Waals surface area contributed by atoms with Crippen LogP contribution in [0.3, 0.4) is 0 Å². The topological polar surface area (TPSA) is 43.4 Å². The van der Waals surface area contributed by atoms with Crippen LogP contribution in [0, 0.1) is 5.82 Å². The average molecular weight is 327 g/mol. The third kappa shape index (κ3) is 4.03. The Hall–Kier alpha value is -1.91. The number of rotatable bonds is 4. The number of hydrogen-bond donors (Lipinski definition) is 0. The number of ketones is 1. The van der Waals surface area contributed by atoms with Gasteiger partial charge in [0.1, 0.15) is 5.82 Å². The SMILES string of the molecule is O=C(COC(=O)c1ccc(F)cc1)c1ccc(Cl)c(Cl)c1. The highest BCUT2D eigenvalue weighted by atomic mass is 35.5. The van der Waals surface area contributed by atoms with E-state index in [1.54, 1.807) is 0 Å². The molecule has 0 aliphatic carbocycles. The van der Waals surface area contributed by atoms with Crippen LogP contribution < -0.4 is 0 Å². The van der Waals surface area contributed by atoms with Crippen LogP contribution in [0.4, 0.5) is 4.39 Å². The van der Waals surface area contributed by atoms with Crippen LogP contribution in [-0.2, 0) is 4.74 Å². The zero-order chi connectivity index (χ0) is 15.4. The molecule has 0 bridgehead atoms. The van der Waals surface area contributed by atoms with Gasteiger partial charge in [-0.2, -0.15) is 0 Å². The summed E-state index contributed by atoms with van der Waals surface area (Å²) in [7, 11) is 0. The fourth-order valence-corrected chi connectivity index (χ4v) is 1.85. The van der Waals surface area contributed by atoms with Crippen molar-refractivity contribution in [2.24, 2.45) is 0 Å². The molecular weight excluding hydrogens is 318 g/mol. The quantitative estimate of drug-likeness (QED) is 0.625. The maximum absolute atomic E-state index is 12.7. The van der Waals surface area contributed by atoms with Gasteiger partial charge in [0.05, 0.1) is 15.6 Å². The van der Waals surface area contributed by atoms with Crippen LogP contribution in [0.5, 0.6) is 0 Å². The lowest BCUT2D eigenvalue weighted by Gasteiger charge is -2.05. The average Bonchev–Trinajstić information content (AvgIpc) is 2.48. The number of carbonyl (C=O) groups is 2. The third-order valence-corrected chi connectivity index (χ3v) is 3.39. The van der Waals surface area contributed by atoms with Gasteiger partial charge in [0.15, 0.2) is 12.4 Å². The fourth-order valence-electron chi connectivity index (χ4n) is 1.55. The Labute approximate surface area is 130 Å². The van der Waals surface area contributed by atoms with E-state index >= 15 is 0 Å². The van der Waals surface area contributed by atoms with Crippen molar-refractivity contribution in [1.82, 2.24) is 0 Å². The Morgan fingerprint density at radius 3 is 2.19 bits per heavy atom. The maximum Gasteiger partial charge on any atom is 0.338 e. The first-order valence-corrected chi connectivity index (χ1v) is 6.64. The minimum atomic E-state index is -0.705. The van der Waals surface area contributed by atoms with Gasteiger partial charge in [0, 0.05) is 5.56 Å². The molecule has 2 aromatic carbocycles. The summed E-state index contributed by atoms with van der Waals surface area (Å²) in [6.45, 7) is -0.436. The number of carbonyl (C=O) groups excluding carboxylic acids is 2. The number of Topliss-reactive ketones (excluding diaryl/α,β-unsaturated/α-hetero) is 1. The molecule has 0 heterocycles. The molecule has 0 aromatic heterocycles. The van der Waals surface area contributed by atoms with Crippen molar-refractivity contribution in [3.8, 4) is 0 Å². The van der Waals surface area contributed by atoms with Crippen LogP contribution >= 0.6 is 23.2 Å². The number of halogens is 3. The summed E-state index contributed by atoms with van der Waals surface area (Å²) in [6.07, 6.45) is 0. The summed E-state index contributed by atoms with van der Waals surface area (Å²) in [5, 5.41) is 0.573. The molecule has 0 unspecified atom stereocenters. The van der Waals surface area contributed by atoms with E-state index in [-0.39, 0.29) is 16.1 Å². The lowest BCUT2D eigenvalue weighted by atomic mass is 10.1. The second-order valence-electron chi connectivity index (χ2n) is 4.14. The predicted molar refractivity (Wildman–Crippen MR) is 77.5 cm³/mol. The van der Waals surface area contributed by atoms with E-state index < -0.39 is 24.2 Å². The summed E-state index contributed by atoms with van der Waals surface area (Å²) in [4.78, 5) is 23.5. The van der Waals surface area contributed by atoms with E-state index in [0.29, 0.717) is 5.02 Å². The van der Waals surface area contributed by atoms with Crippen molar-refractivity contribution in [1.29, 1.82) is 0 Å². The van der Waals surface area contributed by atoms with Crippen molar-refractivity contribution in [2.45, 2.75) is 0 Å². The summed E-state index contributed by atoms with van der Waals surface area (Å²) >= 11 is 11.6. The van der Waals surface area contributed by atoms with Gasteiger partial charge in [-0.15, -0.1) is 0 Å². The molecule has 2 aromatic rings. The predicted octanol–water partition coefficient (Wildman–Crippen LogP) is 4.17. The van der Waals surface area contributed by atoms with Crippen LogP contribution in [0.15, 0.2) is 42.5 Å². The van der Waals surface area contributed by atoms with Gasteiger partial charge in [-0.05, 0) is 42.5 Å². The van der Waals surface area contributed by atoms with Gasteiger partial charge in [-0.1, -0.05) is 23.2 Å². The van der Waals surface area contributed by atoms with Crippen LogP contribution in [-0.4, -0.2) is 18.4 Å². The van der Waals surface area contributed by atoms with Crippen molar-refractivity contribution >= 4 is 35.0 Å². The Morgan fingerprint density at radius 2 is 1.57 bits per heavy atom. The fraction of sp³-hybridized carbons (Fsp3) is 0.0667. The van der Waals surface area contributed by atoms with Gasteiger partial charge < -0.3 is 4.74 Å². The zero-order valence-electron chi connectivity index (χ0n) is 10.6. The highest BCUT2D eigenvalue weighted by Crippen LogP contribution is 2.22. The first-order valence-electron chi connectivity index (χ1n) is 5.88. The van der Waals surface area contributed by atoms with E-state index in [1.165, 1.54) is 30.3 Å². The first-order chi connectivity index (χ1) is 9.97. The van der Waals surface area contributed by atoms with Crippen LogP contribution in [0.1, 0.15) is 20.7 Å². The molecule has 6 heteroatoms. The molecule has 0 N–H and O–H groups in total. The zero-order valence-corrected chi connectivity index (χ0v) is 12.1. The van der Waals surface area contributed by atoms with Crippen molar-refractivity contribution in [3.05, 3.63) is 69.5 Å². The number of benzene rings is 2. The molecule has 2 rings (SSSR count). The van der Waals surface area contributed by atoms with Crippen molar-refractivity contribution in [3.63, 3.8) is 0 Å². The Bertz CT molecular complexity index is 684. The van der Waals surface area contributed by atoms with Crippen LogP contribution in [0.2, 0.25) is 10.0 Å². The number of ether oxygens (including phenoxy) is 1. The maximum atomic E-state index is 12.7. The minimum absolute atomic E-state index is 0.165. The van der Waals surface area contributed by atoms with E-state index in [9.17, 15) is 14.0 Å². The molecule has 0 saturated heterocycles. The molecule has 0 aliphatic rings. The van der Waals surface area contributed by atoms with Gasteiger partial charge in [0.25, 0.3) is 0 Å². The Balaban J connectivity index is 1.98. The monoisotopic (exact) mass is 326 g/mol. The lowest BCUT2D eigenvalue weighted by Crippen LogP contribution is -2.14. The van der Waals surface area contributed by atoms with E-state index in [0.717, 1.165) is 12.1 Å². The van der Waals surface area contributed by atoms with Crippen LogP contribution in [0.25, 0.3) is 0 Å². The van der Waals surface area contributed by atoms with Gasteiger partial charge in [0.2, 0.25) is 0 Å². The Kier molecular flexibility index (Phi) is 4.94. The number of esters is 1. The lowest BCUT2D eigenvalue weighted by molar-refractivity contribution is 0.0474. The number of hydrogen-bond acceptors (Lipinski definition) is 3. The second-order valence-corrected chi connectivity index (χ2v) is 4.95. The van der Waals surface area contributed by atoms with E-state index in [2.05, 4.69) is 0 Å². The summed E-state index contributed by atoms with van der Waals surface area (Å²) in [5.74, 6) is -1.58. The molecule has 0 atom stereocenters. The molecule has 0 spiro atoms. The van der Waals surface area contributed by atoms with Gasteiger partial charge in [-0.25, -0.2) is 9.18 Å². The largest absolute Gasteiger partial charge is 0.454 e. The Morgan fingerprint density at radius 1 is 0.952 bits per heavy atom. The molecule has 0 fully saturated rings. The normalized spacial score (nSPS) is 10.2. The minimum Gasteiger partial charge on any atom is -0.454 e. The van der Waals surface area contributed by atoms with Crippen molar-refractivity contribution < 1.29 is 18.7 Å². The smallest absolute Gasteiger partial charge is 0.338 e. The second kappa shape index (κ2) is 6.70. The highest BCUT2D eigenvalue weighted by molar-refractivity contribution is 6.42. The molecule has 0 saturated carbocycles. The molecule has 108 valence electrons. The van der Waals surface area contributed by atoms with E-state index in [1.807, 2.05) is 0 Å². The van der Waals surface area contributed by atoms with Crippen molar-refractivity contribution in [2.75, 3.05) is 6.61 Å². The summed E-state index contributed by atoms with van der Waals surface area (Å²) < 4.78 is 17.6. The van der Waals surface area contributed by atoms with Gasteiger partial charge in [-0.3, -0.25) is 4.79 Å². The summed E-state index contributed by atoms with van der Waals surface area (Å²) in [5.41, 5.74) is 0.453. The molecule has 0 amide bonds. The van der Waals surface area contributed by atoms with Gasteiger partial charge >= 0.3 is 5.97 Å². The molecule has 0 radical (unpaired) electrons. The molecular formula is C15H9Cl2FO3. The molecule has 3 nitrogen and oxygen atoms in total. The first kappa shape index (κ1) is 15.5. The highest BCUT2D eigenvalue weighted by Gasteiger charge is 2.13. The summed E-state index contributed by atoms with van der Waals surface area (Å²) in [6, 6.07) is 9.20. The molecule has 0 aliphatic heterocycles. The third-order valence-electron chi connectivity index (χ3n) is 2.66.